The molecular weight excluding hydrogens is 174 g/mol. The van der Waals surface area contributed by atoms with E-state index in [2.05, 4.69) is 24.5 Å². The highest BCUT2D eigenvalue weighted by Gasteiger charge is 2.11. The van der Waals surface area contributed by atoms with Crippen LogP contribution in [0.3, 0.4) is 0 Å². The molecule has 1 heterocycles. The molecule has 0 fully saturated rings. The Kier molecular flexibility index (Phi) is 4.98. The van der Waals surface area contributed by atoms with E-state index in [0.717, 1.165) is 38.9 Å². The molecule has 0 aliphatic carbocycles. The minimum Gasteiger partial charge on any atom is -0.386 e. The zero-order chi connectivity index (χ0) is 10.4. The van der Waals surface area contributed by atoms with E-state index in [1.807, 2.05) is 0 Å². The molecule has 4 N–H and O–H groups in total. The monoisotopic (exact) mass is 197 g/mol. The topological polar surface area (TPSA) is 50.1 Å². The molecule has 82 valence electrons. The second-order valence-electron chi connectivity index (χ2n) is 4.01. The normalized spacial score (nSPS) is 19.6. The van der Waals surface area contributed by atoms with E-state index in [-0.39, 0.29) is 0 Å². The number of rotatable bonds is 5. The highest BCUT2D eigenvalue weighted by Crippen LogP contribution is 2.11. The fraction of sp³-hybridized carbons (Fsp3) is 0.818. The van der Waals surface area contributed by atoms with Gasteiger partial charge in [0.15, 0.2) is 0 Å². The van der Waals surface area contributed by atoms with Crippen LogP contribution in [0, 0.1) is 0 Å². The van der Waals surface area contributed by atoms with Gasteiger partial charge in [-0.2, -0.15) is 0 Å². The Morgan fingerprint density at radius 3 is 2.93 bits per heavy atom. The van der Waals surface area contributed by atoms with E-state index in [0.29, 0.717) is 6.04 Å². The Bertz CT molecular complexity index is 199. The van der Waals surface area contributed by atoms with Crippen LogP contribution in [0.1, 0.15) is 33.1 Å². The first kappa shape index (κ1) is 11.5. The van der Waals surface area contributed by atoms with Crippen molar-refractivity contribution in [3.8, 4) is 0 Å². The molecule has 1 aliphatic heterocycles. The Morgan fingerprint density at radius 2 is 2.36 bits per heavy atom. The second kappa shape index (κ2) is 6.04. The first-order valence-electron chi connectivity index (χ1n) is 5.63. The standard InChI is InChI=1S/C11H23N3/c1-3-10(4-6-12)14-11-5-7-13-8-9(11)2/h10,13-14H,3-8,12H2,1-2H3. The third-order valence-electron chi connectivity index (χ3n) is 2.84. The predicted octanol–water partition coefficient (Wildman–Crippen LogP) is 0.971. The Balaban J connectivity index is 2.47. The van der Waals surface area contributed by atoms with E-state index < -0.39 is 0 Å². The summed E-state index contributed by atoms with van der Waals surface area (Å²) in [4.78, 5) is 0. The first-order valence-corrected chi connectivity index (χ1v) is 5.63. The molecule has 0 saturated carbocycles. The Hall–Kier alpha value is -0.540. The van der Waals surface area contributed by atoms with E-state index in [1.165, 1.54) is 11.3 Å². The van der Waals surface area contributed by atoms with Crippen molar-refractivity contribution in [3.05, 3.63) is 11.3 Å². The SMILES string of the molecule is CCC(CCN)NC1=C(C)CNCC1. The van der Waals surface area contributed by atoms with Crippen molar-refractivity contribution in [1.29, 1.82) is 0 Å². The quantitative estimate of drug-likeness (QED) is 0.615. The third kappa shape index (κ3) is 3.31. The molecule has 0 amide bonds. The number of hydrogen-bond donors (Lipinski definition) is 3. The molecule has 0 spiro atoms. The van der Waals surface area contributed by atoms with E-state index >= 15 is 0 Å². The van der Waals surface area contributed by atoms with Crippen LogP contribution in [-0.4, -0.2) is 25.7 Å². The van der Waals surface area contributed by atoms with Crippen LogP contribution < -0.4 is 16.4 Å². The van der Waals surface area contributed by atoms with Crippen LogP contribution in [0.2, 0.25) is 0 Å². The van der Waals surface area contributed by atoms with Gasteiger partial charge in [0.25, 0.3) is 0 Å². The van der Waals surface area contributed by atoms with Gasteiger partial charge in [0.1, 0.15) is 0 Å². The van der Waals surface area contributed by atoms with Gasteiger partial charge in [-0.1, -0.05) is 6.92 Å². The molecule has 0 saturated heterocycles. The average molecular weight is 197 g/mol. The molecule has 1 aliphatic rings. The highest BCUT2D eigenvalue weighted by molar-refractivity contribution is 5.15. The van der Waals surface area contributed by atoms with Crippen molar-refractivity contribution < 1.29 is 0 Å². The predicted molar refractivity (Wildman–Crippen MR) is 61.1 cm³/mol. The Labute approximate surface area is 87.1 Å². The van der Waals surface area contributed by atoms with Crippen LogP contribution in [0.25, 0.3) is 0 Å². The minimum atomic E-state index is 0.558. The smallest absolute Gasteiger partial charge is 0.0267 e. The summed E-state index contributed by atoms with van der Waals surface area (Å²) in [5, 5.41) is 6.98. The van der Waals surface area contributed by atoms with Crippen LogP contribution >= 0.6 is 0 Å². The molecule has 0 aromatic rings. The lowest BCUT2D eigenvalue weighted by molar-refractivity contribution is 0.491. The summed E-state index contributed by atoms with van der Waals surface area (Å²) in [6, 6.07) is 0.558. The van der Waals surface area contributed by atoms with Crippen molar-refractivity contribution in [1.82, 2.24) is 10.6 Å². The molecule has 1 atom stereocenters. The van der Waals surface area contributed by atoms with E-state index in [9.17, 15) is 0 Å². The van der Waals surface area contributed by atoms with Crippen molar-refractivity contribution in [2.45, 2.75) is 39.2 Å². The van der Waals surface area contributed by atoms with Gasteiger partial charge >= 0.3 is 0 Å². The summed E-state index contributed by atoms with van der Waals surface area (Å²) in [6.07, 6.45) is 3.36. The molecule has 1 unspecified atom stereocenters. The summed E-state index contributed by atoms with van der Waals surface area (Å²) in [5.41, 5.74) is 8.46. The summed E-state index contributed by atoms with van der Waals surface area (Å²) < 4.78 is 0. The number of hydrogen-bond acceptors (Lipinski definition) is 3. The Morgan fingerprint density at radius 1 is 1.57 bits per heavy atom. The van der Waals surface area contributed by atoms with Crippen LogP contribution in [0.15, 0.2) is 11.3 Å². The molecule has 14 heavy (non-hydrogen) atoms. The maximum absolute atomic E-state index is 5.58. The van der Waals surface area contributed by atoms with Gasteiger partial charge in [-0.05, 0) is 38.3 Å². The molecule has 0 bridgehead atoms. The molecule has 3 nitrogen and oxygen atoms in total. The minimum absolute atomic E-state index is 0.558. The summed E-state index contributed by atoms with van der Waals surface area (Å²) in [6.45, 7) is 7.31. The van der Waals surface area contributed by atoms with E-state index in [4.69, 9.17) is 5.73 Å². The fourth-order valence-corrected chi connectivity index (χ4v) is 1.83. The van der Waals surface area contributed by atoms with Gasteiger partial charge in [-0.25, -0.2) is 0 Å². The molecule has 0 radical (unpaired) electrons. The fourth-order valence-electron chi connectivity index (χ4n) is 1.83. The summed E-state index contributed by atoms with van der Waals surface area (Å²) in [7, 11) is 0. The van der Waals surface area contributed by atoms with E-state index in [1.54, 1.807) is 0 Å². The molecule has 0 aromatic carbocycles. The van der Waals surface area contributed by atoms with Crippen molar-refractivity contribution in [2.75, 3.05) is 19.6 Å². The largest absolute Gasteiger partial charge is 0.386 e. The van der Waals surface area contributed by atoms with Crippen LogP contribution in [-0.2, 0) is 0 Å². The molecule has 3 heteroatoms. The zero-order valence-corrected chi connectivity index (χ0v) is 9.40. The number of nitrogens with one attached hydrogen (secondary N) is 2. The lowest BCUT2D eigenvalue weighted by atomic mass is 10.1. The van der Waals surface area contributed by atoms with Gasteiger partial charge in [-0.15, -0.1) is 0 Å². The van der Waals surface area contributed by atoms with Gasteiger partial charge in [-0.3, -0.25) is 0 Å². The van der Waals surface area contributed by atoms with Gasteiger partial charge in [0.05, 0.1) is 0 Å². The van der Waals surface area contributed by atoms with Gasteiger partial charge in [0.2, 0.25) is 0 Å². The molecule has 1 rings (SSSR count). The van der Waals surface area contributed by atoms with Crippen molar-refractivity contribution >= 4 is 0 Å². The maximum Gasteiger partial charge on any atom is 0.0267 e. The first-order chi connectivity index (χ1) is 6.77. The average Bonchev–Trinajstić information content (AvgIpc) is 2.20. The lowest BCUT2D eigenvalue weighted by Gasteiger charge is -2.25. The summed E-state index contributed by atoms with van der Waals surface area (Å²) in [5.74, 6) is 0. The van der Waals surface area contributed by atoms with Crippen molar-refractivity contribution in [2.24, 2.45) is 5.73 Å². The number of nitrogens with two attached hydrogens (primary N) is 1. The maximum atomic E-state index is 5.58. The second-order valence-corrected chi connectivity index (χ2v) is 4.01. The van der Waals surface area contributed by atoms with Gasteiger partial charge in [0, 0.05) is 24.8 Å². The molecular formula is C11H23N3. The van der Waals surface area contributed by atoms with Crippen LogP contribution in [0.5, 0.6) is 0 Å². The highest BCUT2D eigenvalue weighted by atomic mass is 15.0. The van der Waals surface area contributed by atoms with Crippen LogP contribution in [0.4, 0.5) is 0 Å². The lowest BCUT2D eigenvalue weighted by Crippen LogP contribution is -2.35. The zero-order valence-electron chi connectivity index (χ0n) is 9.40. The summed E-state index contributed by atoms with van der Waals surface area (Å²) >= 11 is 0. The molecule has 0 aromatic heterocycles. The third-order valence-corrected chi connectivity index (χ3v) is 2.84. The van der Waals surface area contributed by atoms with Gasteiger partial charge < -0.3 is 16.4 Å². The van der Waals surface area contributed by atoms with Crippen molar-refractivity contribution in [3.63, 3.8) is 0 Å².